The van der Waals surface area contributed by atoms with Crippen LogP contribution in [-0.4, -0.2) is 35.7 Å². The van der Waals surface area contributed by atoms with Crippen LogP contribution in [0.4, 0.5) is 0 Å². The molecule has 1 spiro atoms. The Bertz CT molecular complexity index is 301. The van der Waals surface area contributed by atoms with Crippen molar-refractivity contribution in [1.29, 1.82) is 0 Å². The van der Waals surface area contributed by atoms with Crippen LogP contribution in [0.5, 0.6) is 0 Å². The van der Waals surface area contributed by atoms with Crippen LogP contribution in [0.3, 0.4) is 0 Å². The van der Waals surface area contributed by atoms with Gasteiger partial charge in [0.2, 0.25) is 0 Å². The maximum absolute atomic E-state index is 10.3. The monoisotopic (exact) mass is 279 g/mol. The van der Waals surface area contributed by atoms with Crippen LogP contribution in [0.15, 0.2) is 0 Å². The smallest absolute Gasteiger partial charge is 0.0580 e. The number of nitrogens with zero attached hydrogens (tertiary/aromatic N) is 1. The molecule has 3 unspecified atom stereocenters. The van der Waals surface area contributed by atoms with Crippen molar-refractivity contribution >= 4 is 0 Å². The summed E-state index contributed by atoms with van der Waals surface area (Å²) in [5.74, 6) is 1.42. The molecule has 0 aromatic carbocycles. The van der Waals surface area contributed by atoms with Gasteiger partial charge in [0.05, 0.1) is 6.10 Å². The van der Waals surface area contributed by atoms with E-state index in [0.717, 1.165) is 24.3 Å². The molecule has 3 rings (SSSR count). The van der Waals surface area contributed by atoms with Gasteiger partial charge in [-0.1, -0.05) is 26.2 Å². The van der Waals surface area contributed by atoms with Gasteiger partial charge in [0.25, 0.3) is 0 Å². The van der Waals surface area contributed by atoms with Gasteiger partial charge >= 0.3 is 0 Å². The molecule has 1 N–H and O–H groups in total. The molecule has 1 saturated heterocycles. The lowest BCUT2D eigenvalue weighted by atomic mass is 9.75. The van der Waals surface area contributed by atoms with Crippen LogP contribution in [-0.2, 0) is 0 Å². The number of aliphatic hydroxyl groups excluding tert-OH is 1. The summed E-state index contributed by atoms with van der Waals surface area (Å²) in [6, 6.07) is 0. The zero-order valence-corrected chi connectivity index (χ0v) is 13.3. The Kier molecular flexibility index (Phi) is 4.72. The van der Waals surface area contributed by atoms with Gasteiger partial charge < -0.3 is 10.0 Å². The summed E-state index contributed by atoms with van der Waals surface area (Å²) in [4.78, 5) is 2.66. The summed E-state index contributed by atoms with van der Waals surface area (Å²) >= 11 is 0. The molecule has 2 nitrogen and oxygen atoms in total. The minimum atomic E-state index is -0.0276. The third-order valence-corrected chi connectivity index (χ3v) is 6.70. The first kappa shape index (κ1) is 14.8. The average Bonchev–Trinajstić information content (AvgIpc) is 2.92. The van der Waals surface area contributed by atoms with E-state index in [9.17, 15) is 5.11 Å². The Morgan fingerprint density at radius 1 is 1.05 bits per heavy atom. The van der Waals surface area contributed by atoms with E-state index in [1.54, 1.807) is 0 Å². The van der Waals surface area contributed by atoms with E-state index in [0.29, 0.717) is 5.92 Å². The molecule has 0 aromatic rings. The first-order valence-corrected chi connectivity index (χ1v) is 9.11. The second-order valence-electron chi connectivity index (χ2n) is 7.92. The molecule has 0 bridgehead atoms. The van der Waals surface area contributed by atoms with Gasteiger partial charge in [0.1, 0.15) is 0 Å². The van der Waals surface area contributed by atoms with Crippen molar-refractivity contribution in [2.75, 3.05) is 19.6 Å². The third kappa shape index (κ3) is 3.22. The zero-order valence-electron chi connectivity index (χ0n) is 13.3. The predicted octanol–water partition coefficient (Wildman–Crippen LogP) is 3.83. The lowest BCUT2D eigenvalue weighted by Crippen LogP contribution is -2.44. The highest BCUT2D eigenvalue weighted by molar-refractivity contribution is 4.91. The van der Waals surface area contributed by atoms with Crippen LogP contribution in [0.1, 0.15) is 71.1 Å². The minimum absolute atomic E-state index is 0.0276. The van der Waals surface area contributed by atoms with Crippen LogP contribution >= 0.6 is 0 Å². The van der Waals surface area contributed by atoms with Gasteiger partial charge in [-0.25, -0.2) is 0 Å². The van der Waals surface area contributed by atoms with Crippen molar-refractivity contribution in [3.05, 3.63) is 0 Å². The summed E-state index contributed by atoms with van der Waals surface area (Å²) < 4.78 is 0. The molecule has 2 heteroatoms. The highest BCUT2D eigenvalue weighted by Gasteiger charge is 2.38. The van der Waals surface area contributed by atoms with Gasteiger partial charge in [0.15, 0.2) is 0 Å². The van der Waals surface area contributed by atoms with Crippen LogP contribution in [0.25, 0.3) is 0 Å². The van der Waals surface area contributed by atoms with Crippen molar-refractivity contribution in [3.8, 4) is 0 Å². The van der Waals surface area contributed by atoms with E-state index in [4.69, 9.17) is 0 Å². The van der Waals surface area contributed by atoms with Crippen molar-refractivity contribution in [2.45, 2.75) is 77.2 Å². The zero-order chi connectivity index (χ0) is 14.0. The fraction of sp³-hybridized carbons (Fsp3) is 1.00. The van der Waals surface area contributed by atoms with E-state index in [2.05, 4.69) is 11.8 Å². The second kappa shape index (κ2) is 6.36. The topological polar surface area (TPSA) is 23.5 Å². The number of aliphatic hydroxyl groups is 1. The molecule has 0 aromatic heterocycles. The predicted molar refractivity (Wildman–Crippen MR) is 83.7 cm³/mol. The summed E-state index contributed by atoms with van der Waals surface area (Å²) in [6.45, 7) is 6.05. The van der Waals surface area contributed by atoms with E-state index < -0.39 is 0 Å². The first-order valence-electron chi connectivity index (χ1n) is 9.11. The molecular formula is C18H33NO. The molecular weight excluding hydrogens is 246 g/mol. The largest absolute Gasteiger partial charge is 0.393 e. The standard InChI is InChI=1S/C18H33NO/c1-2-15-5-6-17(20)16(13-15)14-19-11-9-18(10-12-19)7-3-4-8-18/h15-17,20H,2-14H2,1H3. The van der Waals surface area contributed by atoms with Gasteiger partial charge in [-0.3, -0.25) is 0 Å². The average molecular weight is 279 g/mol. The lowest BCUT2D eigenvalue weighted by Gasteiger charge is -2.42. The van der Waals surface area contributed by atoms with Gasteiger partial charge in [0, 0.05) is 6.54 Å². The van der Waals surface area contributed by atoms with Gasteiger partial charge in [-0.05, 0) is 75.3 Å². The Morgan fingerprint density at radius 3 is 2.40 bits per heavy atom. The Hall–Kier alpha value is -0.0800. The molecule has 1 aliphatic heterocycles. The molecule has 1 heterocycles. The van der Waals surface area contributed by atoms with Crippen molar-refractivity contribution < 1.29 is 5.11 Å². The van der Waals surface area contributed by atoms with Gasteiger partial charge in [-0.15, -0.1) is 0 Å². The molecule has 3 atom stereocenters. The fourth-order valence-electron chi connectivity index (χ4n) is 5.08. The van der Waals surface area contributed by atoms with Crippen molar-refractivity contribution in [1.82, 2.24) is 4.90 Å². The summed E-state index contributed by atoms with van der Waals surface area (Å²) in [5.41, 5.74) is 0.730. The molecule has 0 amide bonds. The van der Waals surface area contributed by atoms with Crippen LogP contribution in [0.2, 0.25) is 0 Å². The van der Waals surface area contributed by atoms with E-state index in [-0.39, 0.29) is 6.10 Å². The van der Waals surface area contributed by atoms with E-state index in [1.165, 1.54) is 70.9 Å². The summed E-state index contributed by atoms with van der Waals surface area (Å²) in [7, 11) is 0. The molecule has 3 aliphatic rings. The summed E-state index contributed by atoms with van der Waals surface area (Å²) in [6.07, 6.45) is 13.6. The number of likely N-dealkylation sites (tertiary alicyclic amines) is 1. The number of hydrogen-bond acceptors (Lipinski definition) is 2. The molecule has 3 fully saturated rings. The molecule has 0 radical (unpaired) electrons. The van der Waals surface area contributed by atoms with E-state index >= 15 is 0 Å². The molecule has 20 heavy (non-hydrogen) atoms. The van der Waals surface area contributed by atoms with Gasteiger partial charge in [-0.2, -0.15) is 0 Å². The van der Waals surface area contributed by atoms with Crippen molar-refractivity contribution in [2.24, 2.45) is 17.3 Å². The highest BCUT2D eigenvalue weighted by atomic mass is 16.3. The maximum atomic E-state index is 10.3. The first-order chi connectivity index (χ1) is 9.71. The highest BCUT2D eigenvalue weighted by Crippen LogP contribution is 2.46. The summed E-state index contributed by atoms with van der Waals surface area (Å²) in [5, 5.41) is 10.3. The number of piperidine rings is 1. The Morgan fingerprint density at radius 2 is 1.75 bits per heavy atom. The lowest BCUT2D eigenvalue weighted by molar-refractivity contribution is 0.0120. The van der Waals surface area contributed by atoms with Crippen molar-refractivity contribution in [3.63, 3.8) is 0 Å². The number of rotatable bonds is 3. The Labute approximate surface area is 124 Å². The quantitative estimate of drug-likeness (QED) is 0.848. The maximum Gasteiger partial charge on any atom is 0.0580 e. The Balaban J connectivity index is 1.48. The fourth-order valence-corrected chi connectivity index (χ4v) is 5.08. The molecule has 2 aliphatic carbocycles. The SMILES string of the molecule is CCC1CCC(O)C(CN2CCC3(CCCC3)CC2)C1. The normalized spacial score (nSPS) is 38.4. The van der Waals surface area contributed by atoms with E-state index in [1.807, 2.05) is 0 Å². The molecule has 2 saturated carbocycles. The van der Waals surface area contributed by atoms with Crippen LogP contribution < -0.4 is 0 Å². The molecule has 116 valence electrons. The minimum Gasteiger partial charge on any atom is -0.393 e. The third-order valence-electron chi connectivity index (χ3n) is 6.70. The number of hydrogen-bond donors (Lipinski definition) is 1. The second-order valence-corrected chi connectivity index (χ2v) is 7.92. The van der Waals surface area contributed by atoms with Crippen LogP contribution in [0, 0.1) is 17.3 Å².